The summed E-state index contributed by atoms with van der Waals surface area (Å²) < 4.78 is 12.8. The number of halogens is 1. The molecule has 22 heavy (non-hydrogen) atoms. The van der Waals surface area contributed by atoms with Gasteiger partial charge < -0.3 is 10.6 Å². The predicted molar refractivity (Wildman–Crippen MR) is 96.4 cm³/mol. The van der Waals surface area contributed by atoms with E-state index < -0.39 is 0 Å². The van der Waals surface area contributed by atoms with Gasteiger partial charge in [-0.15, -0.1) is 0 Å². The normalized spacial score (nSPS) is 10.2. The number of nitrogens with one attached hydrogen (secondary N) is 2. The van der Waals surface area contributed by atoms with Crippen LogP contribution in [0.5, 0.6) is 0 Å². The summed E-state index contributed by atoms with van der Waals surface area (Å²) >= 11 is 7.09. The Morgan fingerprint density at radius 2 is 1.68 bits per heavy atom. The molecule has 0 atom stereocenters. The molecule has 0 unspecified atom stereocenters. The van der Waals surface area contributed by atoms with Crippen molar-refractivity contribution in [1.29, 1.82) is 0 Å². The molecule has 0 aliphatic rings. The van der Waals surface area contributed by atoms with Gasteiger partial charge >= 0.3 is 0 Å². The average Bonchev–Trinajstić information content (AvgIpc) is 2.55. The molecular formula is C17H19FN2S2. The number of rotatable bonds is 7. The highest BCUT2D eigenvalue weighted by atomic mass is 32.2. The van der Waals surface area contributed by atoms with Gasteiger partial charge in [-0.2, -0.15) is 11.8 Å². The number of hydrogen-bond acceptors (Lipinski definition) is 2. The number of thioether (sulfide) groups is 1. The molecule has 0 fully saturated rings. The van der Waals surface area contributed by atoms with Crippen molar-refractivity contribution in [2.45, 2.75) is 12.3 Å². The summed E-state index contributed by atoms with van der Waals surface area (Å²) in [5.41, 5.74) is 2.34. The first-order chi connectivity index (χ1) is 10.7. The highest BCUT2D eigenvalue weighted by molar-refractivity contribution is 7.98. The zero-order chi connectivity index (χ0) is 15.6. The first-order valence-corrected chi connectivity index (χ1v) is 8.68. The van der Waals surface area contributed by atoms with E-state index in [0.29, 0.717) is 11.7 Å². The molecule has 0 amide bonds. The van der Waals surface area contributed by atoms with Crippen LogP contribution in [0.4, 0.5) is 4.39 Å². The monoisotopic (exact) mass is 334 g/mol. The highest BCUT2D eigenvalue weighted by Crippen LogP contribution is 2.10. The molecule has 0 radical (unpaired) electrons. The minimum atomic E-state index is -0.222. The van der Waals surface area contributed by atoms with E-state index in [1.54, 1.807) is 12.1 Å². The Morgan fingerprint density at radius 1 is 0.955 bits per heavy atom. The zero-order valence-corrected chi connectivity index (χ0v) is 13.9. The summed E-state index contributed by atoms with van der Waals surface area (Å²) in [5.74, 6) is 1.78. The Kier molecular flexibility index (Phi) is 7.19. The van der Waals surface area contributed by atoms with Crippen LogP contribution in [0.1, 0.15) is 11.1 Å². The van der Waals surface area contributed by atoms with Crippen molar-refractivity contribution >= 4 is 29.1 Å². The smallest absolute Gasteiger partial charge is 0.166 e. The third-order valence-electron chi connectivity index (χ3n) is 3.01. The summed E-state index contributed by atoms with van der Waals surface area (Å²) in [6.07, 6.45) is 0. The van der Waals surface area contributed by atoms with Crippen LogP contribution in [0.25, 0.3) is 0 Å². The van der Waals surface area contributed by atoms with Crippen molar-refractivity contribution in [3.63, 3.8) is 0 Å². The number of benzene rings is 2. The molecule has 0 aromatic heterocycles. The van der Waals surface area contributed by atoms with Crippen molar-refractivity contribution < 1.29 is 4.39 Å². The standard InChI is InChI=1S/C17H19FN2S2/c18-16-8-6-14(7-9-16)12-20-17(21)19-10-11-22-13-15-4-2-1-3-5-15/h1-9H,10-13H2,(H2,19,20,21). The molecule has 5 heteroatoms. The Hall–Kier alpha value is -1.59. The summed E-state index contributed by atoms with van der Waals surface area (Å²) in [6, 6.07) is 16.8. The van der Waals surface area contributed by atoms with Crippen LogP contribution in [0.15, 0.2) is 54.6 Å². The third-order valence-corrected chi connectivity index (χ3v) is 4.33. The molecule has 2 nitrogen and oxygen atoms in total. The van der Waals surface area contributed by atoms with Gasteiger partial charge in [-0.1, -0.05) is 42.5 Å². The molecule has 2 aromatic carbocycles. The van der Waals surface area contributed by atoms with Crippen molar-refractivity contribution in [3.05, 3.63) is 71.5 Å². The second-order valence-corrected chi connectivity index (χ2v) is 6.29. The largest absolute Gasteiger partial charge is 0.362 e. The van der Waals surface area contributed by atoms with Crippen molar-refractivity contribution in [2.75, 3.05) is 12.3 Å². The molecule has 0 spiro atoms. The van der Waals surface area contributed by atoms with E-state index in [2.05, 4.69) is 34.9 Å². The molecule has 2 aromatic rings. The maximum Gasteiger partial charge on any atom is 0.166 e. The van der Waals surface area contributed by atoms with Crippen molar-refractivity contribution in [3.8, 4) is 0 Å². The summed E-state index contributed by atoms with van der Waals surface area (Å²) in [7, 11) is 0. The van der Waals surface area contributed by atoms with Gasteiger partial charge in [-0.05, 0) is 35.5 Å². The minimum Gasteiger partial charge on any atom is -0.362 e. The number of thiocarbonyl (C=S) groups is 1. The third kappa shape index (κ3) is 6.45. The highest BCUT2D eigenvalue weighted by Gasteiger charge is 1.98. The van der Waals surface area contributed by atoms with E-state index in [0.717, 1.165) is 23.6 Å². The molecule has 0 bridgehead atoms. The summed E-state index contributed by atoms with van der Waals surface area (Å²) in [5, 5.41) is 6.92. The van der Waals surface area contributed by atoms with Crippen LogP contribution in [-0.4, -0.2) is 17.4 Å². The Labute approximate surface area is 140 Å². The minimum absolute atomic E-state index is 0.222. The lowest BCUT2D eigenvalue weighted by Crippen LogP contribution is -2.36. The number of hydrogen-bond donors (Lipinski definition) is 2. The predicted octanol–water partition coefficient (Wildman–Crippen LogP) is 3.72. The molecule has 0 saturated carbocycles. The van der Waals surface area contributed by atoms with E-state index in [4.69, 9.17) is 12.2 Å². The lowest BCUT2D eigenvalue weighted by molar-refractivity contribution is 0.626. The van der Waals surface area contributed by atoms with Crippen LogP contribution < -0.4 is 10.6 Å². The molecule has 0 saturated heterocycles. The topological polar surface area (TPSA) is 24.1 Å². The fourth-order valence-corrected chi connectivity index (χ4v) is 2.84. The Balaban J connectivity index is 1.55. The van der Waals surface area contributed by atoms with Gasteiger partial charge in [0.2, 0.25) is 0 Å². The first kappa shape index (κ1) is 16.8. The lowest BCUT2D eigenvalue weighted by atomic mass is 10.2. The van der Waals surface area contributed by atoms with E-state index in [1.165, 1.54) is 17.7 Å². The summed E-state index contributed by atoms with van der Waals surface area (Å²) in [4.78, 5) is 0. The molecule has 0 heterocycles. The molecule has 0 aliphatic carbocycles. The maximum absolute atomic E-state index is 12.8. The van der Waals surface area contributed by atoms with E-state index in [1.807, 2.05) is 17.8 Å². The molecule has 0 aliphatic heterocycles. The fraction of sp³-hybridized carbons (Fsp3) is 0.235. The van der Waals surface area contributed by atoms with Gasteiger partial charge in [0, 0.05) is 24.6 Å². The van der Waals surface area contributed by atoms with Crippen LogP contribution in [-0.2, 0) is 12.3 Å². The van der Waals surface area contributed by atoms with Crippen LogP contribution in [0.2, 0.25) is 0 Å². The second-order valence-electron chi connectivity index (χ2n) is 4.77. The molecule has 2 N–H and O–H groups in total. The van der Waals surface area contributed by atoms with Gasteiger partial charge in [0.1, 0.15) is 5.82 Å². The Morgan fingerprint density at radius 3 is 2.41 bits per heavy atom. The van der Waals surface area contributed by atoms with Crippen LogP contribution >= 0.6 is 24.0 Å². The van der Waals surface area contributed by atoms with Gasteiger partial charge in [0.15, 0.2) is 5.11 Å². The van der Waals surface area contributed by atoms with Crippen LogP contribution in [0, 0.1) is 5.82 Å². The summed E-state index contributed by atoms with van der Waals surface area (Å²) in [6.45, 7) is 1.43. The first-order valence-electron chi connectivity index (χ1n) is 7.12. The zero-order valence-electron chi connectivity index (χ0n) is 12.2. The Bertz CT molecular complexity index is 573. The maximum atomic E-state index is 12.8. The van der Waals surface area contributed by atoms with E-state index >= 15 is 0 Å². The lowest BCUT2D eigenvalue weighted by Gasteiger charge is -2.10. The van der Waals surface area contributed by atoms with E-state index in [9.17, 15) is 4.39 Å². The van der Waals surface area contributed by atoms with Crippen molar-refractivity contribution in [1.82, 2.24) is 10.6 Å². The molecule has 2 rings (SSSR count). The fourth-order valence-electron chi connectivity index (χ4n) is 1.85. The van der Waals surface area contributed by atoms with Gasteiger partial charge in [0.05, 0.1) is 0 Å². The average molecular weight is 334 g/mol. The molecular weight excluding hydrogens is 315 g/mol. The van der Waals surface area contributed by atoms with E-state index in [-0.39, 0.29) is 5.82 Å². The van der Waals surface area contributed by atoms with Crippen molar-refractivity contribution in [2.24, 2.45) is 0 Å². The molecule has 116 valence electrons. The second kappa shape index (κ2) is 9.43. The SMILES string of the molecule is Fc1ccc(CNC(=S)NCCSCc2ccccc2)cc1. The van der Waals surface area contributed by atoms with Gasteiger partial charge in [0.25, 0.3) is 0 Å². The van der Waals surface area contributed by atoms with Crippen LogP contribution in [0.3, 0.4) is 0 Å². The van der Waals surface area contributed by atoms with Gasteiger partial charge in [-0.25, -0.2) is 4.39 Å². The quantitative estimate of drug-likeness (QED) is 0.595. The van der Waals surface area contributed by atoms with Gasteiger partial charge in [-0.3, -0.25) is 0 Å².